The molecule has 0 unspecified atom stereocenters. The number of rotatable bonds is 5. The molecule has 7 heteroatoms. The molecule has 0 spiro atoms. The van der Waals surface area contributed by atoms with Crippen LogP contribution in [0.2, 0.25) is 0 Å². The third kappa shape index (κ3) is 3.47. The van der Waals surface area contributed by atoms with Crippen LogP contribution in [0.1, 0.15) is 22.2 Å². The molecule has 1 amide bonds. The topological polar surface area (TPSA) is 74.4 Å². The van der Waals surface area contributed by atoms with Gasteiger partial charge in [-0.3, -0.25) is 4.79 Å². The molecule has 4 rings (SSSR count). The van der Waals surface area contributed by atoms with Gasteiger partial charge in [0.25, 0.3) is 5.91 Å². The first-order valence-corrected chi connectivity index (χ1v) is 8.45. The number of hydrogen-bond donors (Lipinski definition) is 2. The molecule has 25 heavy (non-hydrogen) atoms. The van der Waals surface area contributed by atoms with E-state index in [0.717, 1.165) is 32.1 Å². The van der Waals surface area contributed by atoms with Gasteiger partial charge in [0, 0.05) is 5.56 Å². The number of hydrogen-bond acceptors (Lipinski definition) is 5. The van der Waals surface area contributed by atoms with Gasteiger partial charge in [-0.1, -0.05) is 0 Å². The van der Waals surface area contributed by atoms with Crippen LogP contribution in [0.5, 0.6) is 11.5 Å². The molecule has 2 aromatic rings. The molecule has 3 heterocycles. The van der Waals surface area contributed by atoms with E-state index >= 15 is 0 Å². The number of ether oxygens (including phenoxy) is 3. The van der Waals surface area contributed by atoms with Crippen molar-refractivity contribution >= 4 is 5.91 Å². The zero-order chi connectivity index (χ0) is 17.1. The number of fused-ring (bicyclic) bond motifs is 1. The standard InChI is InChI=1S/C18H20N2O5/c21-18(13-3-4-16-17(10-13)25-12-24-16)19-11-14(15-2-1-7-23-15)20-5-8-22-9-6-20/h1-4,7,10,14H,5-6,8-9,11-12H2,(H,19,21)/p+1/t14-/m1/s1. The number of nitrogens with one attached hydrogen (secondary N) is 2. The van der Waals surface area contributed by atoms with E-state index in [9.17, 15) is 4.79 Å². The maximum Gasteiger partial charge on any atom is 0.251 e. The number of morpholine rings is 1. The van der Waals surface area contributed by atoms with E-state index in [4.69, 9.17) is 18.6 Å². The molecule has 1 aromatic carbocycles. The highest BCUT2D eigenvalue weighted by Gasteiger charge is 2.29. The summed E-state index contributed by atoms with van der Waals surface area (Å²) in [6.07, 6.45) is 1.67. The van der Waals surface area contributed by atoms with Gasteiger partial charge >= 0.3 is 0 Å². The van der Waals surface area contributed by atoms with Crippen molar-refractivity contribution in [2.45, 2.75) is 6.04 Å². The first kappa shape index (κ1) is 16.0. The van der Waals surface area contributed by atoms with Gasteiger partial charge < -0.3 is 28.8 Å². The summed E-state index contributed by atoms with van der Waals surface area (Å²) in [6, 6.07) is 9.11. The van der Waals surface area contributed by atoms with Crippen molar-refractivity contribution in [1.82, 2.24) is 5.32 Å². The zero-order valence-electron chi connectivity index (χ0n) is 13.8. The van der Waals surface area contributed by atoms with Crippen molar-refractivity contribution in [2.24, 2.45) is 0 Å². The van der Waals surface area contributed by atoms with E-state index < -0.39 is 0 Å². The molecule has 2 aliphatic rings. The molecule has 1 aromatic heterocycles. The Kier molecular flexibility index (Phi) is 4.58. The third-order valence-corrected chi connectivity index (χ3v) is 4.62. The highest BCUT2D eigenvalue weighted by molar-refractivity contribution is 5.94. The maximum atomic E-state index is 12.5. The van der Waals surface area contributed by atoms with Crippen LogP contribution < -0.4 is 19.7 Å². The minimum Gasteiger partial charge on any atom is -0.463 e. The summed E-state index contributed by atoms with van der Waals surface area (Å²) < 4.78 is 21.7. The average Bonchev–Trinajstić information content (AvgIpc) is 3.34. The number of quaternary nitrogens is 1. The SMILES string of the molecule is O=C(NC[C@H](c1ccco1)[NH+]1CCOCC1)c1ccc2c(c1)OCO2. The smallest absolute Gasteiger partial charge is 0.251 e. The predicted molar refractivity (Wildman–Crippen MR) is 87.9 cm³/mol. The Morgan fingerprint density at radius 1 is 1.16 bits per heavy atom. The molecule has 132 valence electrons. The van der Waals surface area contributed by atoms with Gasteiger partial charge in [-0.05, 0) is 30.3 Å². The summed E-state index contributed by atoms with van der Waals surface area (Å²) in [5.41, 5.74) is 0.555. The van der Waals surface area contributed by atoms with Crippen molar-refractivity contribution in [3.63, 3.8) is 0 Å². The summed E-state index contributed by atoms with van der Waals surface area (Å²) in [5.74, 6) is 2.02. The Morgan fingerprint density at radius 2 is 2.00 bits per heavy atom. The first-order valence-electron chi connectivity index (χ1n) is 8.45. The fraction of sp³-hybridized carbons (Fsp3) is 0.389. The van der Waals surface area contributed by atoms with Gasteiger partial charge in [0.15, 0.2) is 23.3 Å². The maximum absolute atomic E-state index is 12.5. The monoisotopic (exact) mass is 345 g/mol. The molecule has 0 radical (unpaired) electrons. The minimum absolute atomic E-state index is 0.0665. The molecule has 2 aliphatic heterocycles. The van der Waals surface area contributed by atoms with Crippen LogP contribution in [-0.2, 0) is 4.74 Å². The first-order chi connectivity index (χ1) is 12.3. The van der Waals surface area contributed by atoms with Crippen LogP contribution in [0.25, 0.3) is 0 Å². The Labute approximate surface area is 145 Å². The van der Waals surface area contributed by atoms with Gasteiger partial charge in [-0.25, -0.2) is 0 Å². The molecule has 0 saturated carbocycles. The lowest BCUT2D eigenvalue weighted by Gasteiger charge is -2.30. The van der Waals surface area contributed by atoms with E-state index in [-0.39, 0.29) is 18.7 Å². The van der Waals surface area contributed by atoms with Crippen LogP contribution >= 0.6 is 0 Å². The number of carbonyl (C=O) groups excluding carboxylic acids is 1. The fourth-order valence-electron chi connectivity index (χ4n) is 3.25. The van der Waals surface area contributed by atoms with Gasteiger partial charge in [-0.2, -0.15) is 0 Å². The van der Waals surface area contributed by atoms with Gasteiger partial charge in [-0.15, -0.1) is 0 Å². The van der Waals surface area contributed by atoms with Crippen LogP contribution in [-0.4, -0.2) is 45.5 Å². The molecule has 0 bridgehead atoms. The normalized spacial score (nSPS) is 18.1. The van der Waals surface area contributed by atoms with Crippen LogP contribution in [0, 0.1) is 0 Å². The largest absolute Gasteiger partial charge is 0.463 e. The molecule has 1 atom stereocenters. The number of benzene rings is 1. The second-order valence-electron chi connectivity index (χ2n) is 6.12. The zero-order valence-corrected chi connectivity index (χ0v) is 13.8. The molecule has 7 nitrogen and oxygen atoms in total. The summed E-state index contributed by atoms with van der Waals surface area (Å²) in [7, 11) is 0. The highest BCUT2D eigenvalue weighted by atomic mass is 16.7. The van der Waals surface area contributed by atoms with Crippen LogP contribution in [0.3, 0.4) is 0 Å². The molecule has 0 aliphatic carbocycles. The molecule has 2 N–H and O–H groups in total. The number of amides is 1. The van der Waals surface area contributed by atoms with E-state index in [1.54, 1.807) is 24.5 Å². The Hall–Kier alpha value is -2.51. The number of carbonyl (C=O) groups is 1. The summed E-state index contributed by atoms with van der Waals surface area (Å²) in [6.45, 7) is 3.93. The van der Waals surface area contributed by atoms with E-state index in [0.29, 0.717) is 23.6 Å². The summed E-state index contributed by atoms with van der Waals surface area (Å²) in [4.78, 5) is 13.9. The van der Waals surface area contributed by atoms with E-state index in [2.05, 4.69) is 5.32 Å². The van der Waals surface area contributed by atoms with Gasteiger partial charge in [0.1, 0.15) is 13.1 Å². The Bertz CT molecular complexity index is 725. The predicted octanol–water partition coefficient (Wildman–Crippen LogP) is 0.395. The lowest BCUT2D eigenvalue weighted by atomic mass is 10.1. The average molecular weight is 345 g/mol. The third-order valence-electron chi connectivity index (χ3n) is 4.62. The second-order valence-corrected chi connectivity index (χ2v) is 6.12. The minimum atomic E-state index is -0.137. The van der Waals surface area contributed by atoms with Gasteiger partial charge in [0.2, 0.25) is 6.79 Å². The van der Waals surface area contributed by atoms with Crippen LogP contribution in [0.4, 0.5) is 0 Å². The fourth-order valence-corrected chi connectivity index (χ4v) is 3.25. The van der Waals surface area contributed by atoms with E-state index in [1.807, 2.05) is 12.1 Å². The number of furan rings is 1. The highest BCUT2D eigenvalue weighted by Crippen LogP contribution is 2.32. The molecular weight excluding hydrogens is 324 g/mol. The van der Waals surface area contributed by atoms with Crippen molar-refractivity contribution in [3.8, 4) is 11.5 Å². The molecule has 1 fully saturated rings. The van der Waals surface area contributed by atoms with Crippen molar-refractivity contribution < 1.29 is 28.3 Å². The molecule has 1 saturated heterocycles. The Balaban J connectivity index is 1.44. The second kappa shape index (κ2) is 7.16. The quantitative estimate of drug-likeness (QED) is 0.820. The van der Waals surface area contributed by atoms with Gasteiger partial charge in [0.05, 0.1) is 26.0 Å². The van der Waals surface area contributed by atoms with Crippen molar-refractivity contribution in [2.75, 3.05) is 39.6 Å². The summed E-state index contributed by atoms with van der Waals surface area (Å²) >= 11 is 0. The van der Waals surface area contributed by atoms with Crippen molar-refractivity contribution in [3.05, 3.63) is 47.9 Å². The van der Waals surface area contributed by atoms with E-state index in [1.165, 1.54) is 4.90 Å². The van der Waals surface area contributed by atoms with Crippen molar-refractivity contribution in [1.29, 1.82) is 0 Å². The lowest BCUT2D eigenvalue weighted by molar-refractivity contribution is -0.938. The summed E-state index contributed by atoms with van der Waals surface area (Å²) in [5, 5.41) is 3.02. The lowest BCUT2D eigenvalue weighted by Crippen LogP contribution is -3.15. The van der Waals surface area contributed by atoms with Crippen LogP contribution in [0.15, 0.2) is 41.0 Å². The Morgan fingerprint density at radius 3 is 2.80 bits per heavy atom. The molecular formula is C18H21N2O5+.